The predicted molar refractivity (Wildman–Crippen MR) is 81.1 cm³/mol. The minimum absolute atomic E-state index is 0.0589. The molecule has 1 N–H and O–H groups in total. The number of nitrogens with one attached hydrogen (secondary N) is 1. The average molecular weight is 284 g/mol. The molecule has 5 heteroatoms. The van der Waals surface area contributed by atoms with Crippen molar-refractivity contribution >= 4 is 11.6 Å². The third-order valence-electron chi connectivity index (χ3n) is 4.14. The molecule has 21 heavy (non-hydrogen) atoms. The van der Waals surface area contributed by atoms with Crippen molar-refractivity contribution in [3.8, 4) is 5.82 Å². The fourth-order valence-corrected chi connectivity index (χ4v) is 2.61. The van der Waals surface area contributed by atoms with Crippen molar-refractivity contribution in [1.29, 1.82) is 0 Å². The molecule has 5 nitrogen and oxygen atoms in total. The van der Waals surface area contributed by atoms with Gasteiger partial charge in [-0.1, -0.05) is 26.2 Å². The number of amides is 1. The number of carbonyl (C=O) groups excluding carboxylic acids is 1. The van der Waals surface area contributed by atoms with Crippen LogP contribution >= 0.6 is 0 Å². The molecule has 0 aliphatic heterocycles. The van der Waals surface area contributed by atoms with Crippen LogP contribution in [0.5, 0.6) is 0 Å². The Morgan fingerprint density at radius 3 is 2.90 bits per heavy atom. The summed E-state index contributed by atoms with van der Waals surface area (Å²) in [5, 5.41) is 2.94. The summed E-state index contributed by atoms with van der Waals surface area (Å²) in [6.45, 7) is 2.00. The lowest BCUT2D eigenvalue weighted by molar-refractivity contribution is -0.120. The van der Waals surface area contributed by atoms with Crippen LogP contribution in [0.4, 0.5) is 5.69 Å². The third-order valence-corrected chi connectivity index (χ3v) is 4.14. The zero-order valence-electron chi connectivity index (χ0n) is 12.2. The highest BCUT2D eigenvalue weighted by Crippen LogP contribution is 2.32. The maximum atomic E-state index is 12.1. The lowest BCUT2D eigenvalue weighted by Gasteiger charge is -2.27. The summed E-state index contributed by atoms with van der Waals surface area (Å²) >= 11 is 0. The fraction of sp³-hybridized carbons (Fsp3) is 0.438. The summed E-state index contributed by atoms with van der Waals surface area (Å²) in [4.78, 5) is 20.5. The summed E-state index contributed by atoms with van der Waals surface area (Å²) in [6, 6.07) is 3.74. The van der Waals surface area contributed by atoms with Crippen molar-refractivity contribution in [1.82, 2.24) is 14.5 Å². The first kappa shape index (κ1) is 13.8. The maximum Gasteiger partial charge on any atom is 0.227 e. The standard InChI is InChI=1S/C16H20N4O/c1-12(9-13-3-2-4-13)16(21)19-14-5-6-15(18-10-14)20-8-7-17-11-20/h5-8,10-13H,2-4,9H2,1H3,(H,19,21). The van der Waals surface area contributed by atoms with Gasteiger partial charge < -0.3 is 5.32 Å². The van der Waals surface area contributed by atoms with E-state index in [4.69, 9.17) is 0 Å². The monoisotopic (exact) mass is 284 g/mol. The molecule has 1 saturated carbocycles. The number of pyridine rings is 1. The Kier molecular flexibility index (Phi) is 3.99. The number of anilines is 1. The van der Waals surface area contributed by atoms with Gasteiger partial charge in [0.25, 0.3) is 0 Å². The van der Waals surface area contributed by atoms with Gasteiger partial charge in [0.2, 0.25) is 5.91 Å². The van der Waals surface area contributed by atoms with E-state index in [9.17, 15) is 4.79 Å². The number of imidazole rings is 1. The minimum Gasteiger partial charge on any atom is -0.324 e. The molecule has 1 aliphatic rings. The van der Waals surface area contributed by atoms with Crippen LogP contribution in [0.25, 0.3) is 5.82 Å². The van der Waals surface area contributed by atoms with Gasteiger partial charge in [-0.25, -0.2) is 9.97 Å². The Labute approximate surface area is 124 Å². The van der Waals surface area contributed by atoms with E-state index in [0.717, 1.165) is 23.8 Å². The molecule has 3 rings (SSSR count). The quantitative estimate of drug-likeness (QED) is 0.918. The third kappa shape index (κ3) is 3.29. The van der Waals surface area contributed by atoms with Crippen LogP contribution in [0.15, 0.2) is 37.1 Å². The summed E-state index contributed by atoms with van der Waals surface area (Å²) in [5.41, 5.74) is 0.740. The Bertz CT molecular complexity index is 587. The van der Waals surface area contributed by atoms with E-state index in [1.54, 1.807) is 18.7 Å². The molecule has 2 aromatic heterocycles. The number of hydrogen-bond acceptors (Lipinski definition) is 3. The Balaban J connectivity index is 1.58. The van der Waals surface area contributed by atoms with Gasteiger partial charge in [-0.3, -0.25) is 9.36 Å². The van der Waals surface area contributed by atoms with E-state index < -0.39 is 0 Å². The van der Waals surface area contributed by atoms with Crippen LogP contribution in [0, 0.1) is 11.8 Å². The van der Waals surface area contributed by atoms with Gasteiger partial charge in [0.05, 0.1) is 11.9 Å². The predicted octanol–water partition coefficient (Wildman–Crippen LogP) is 3.03. The maximum absolute atomic E-state index is 12.1. The summed E-state index contributed by atoms with van der Waals surface area (Å²) in [5.74, 6) is 1.67. The second kappa shape index (κ2) is 6.08. The van der Waals surface area contributed by atoms with Gasteiger partial charge in [0.15, 0.2) is 0 Å². The molecule has 0 saturated heterocycles. The van der Waals surface area contributed by atoms with E-state index in [1.165, 1.54) is 19.3 Å². The first-order valence-electron chi connectivity index (χ1n) is 7.47. The highest BCUT2D eigenvalue weighted by molar-refractivity contribution is 5.92. The Morgan fingerprint density at radius 2 is 2.33 bits per heavy atom. The topological polar surface area (TPSA) is 59.8 Å². The fourth-order valence-electron chi connectivity index (χ4n) is 2.61. The van der Waals surface area contributed by atoms with Crippen molar-refractivity contribution in [2.45, 2.75) is 32.6 Å². The molecule has 1 atom stereocenters. The molecule has 110 valence electrons. The number of carbonyl (C=O) groups is 1. The Hall–Kier alpha value is -2.17. The van der Waals surface area contributed by atoms with E-state index in [0.29, 0.717) is 0 Å². The SMILES string of the molecule is CC(CC1CCC1)C(=O)Nc1ccc(-n2ccnc2)nc1. The number of aromatic nitrogens is 3. The van der Waals surface area contributed by atoms with Gasteiger partial charge in [0, 0.05) is 18.3 Å². The molecule has 0 radical (unpaired) electrons. The van der Waals surface area contributed by atoms with Crippen LogP contribution in [0.1, 0.15) is 32.6 Å². The van der Waals surface area contributed by atoms with E-state index in [1.807, 2.05) is 29.8 Å². The molecular formula is C16H20N4O. The second-order valence-corrected chi connectivity index (χ2v) is 5.80. The smallest absolute Gasteiger partial charge is 0.227 e. The zero-order chi connectivity index (χ0) is 14.7. The molecular weight excluding hydrogens is 264 g/mol. The van der Waals surface area contributed by atoms with Gasteiger partial charge in [0.1, 0.15) is 12.1 Å². The summed E-state index contributed by atoms with van der Waals surface area (Å²) in [7, 11) is 0. The number of nitrogens with zero attached hydrogens (tertiary/aromatic N) is 3. The normalized spacial score (nSPS) is 16.2. The number of hydrogen-bond donors (Lipinski definition) is 1. The van der Waals surface area contributed by atoms with Gasteiger partial charge in [-0.15, -0.1) is 0 Å². The van der Waals surface area contributed by atoms with E-state index in [2.05, 4.69) is 15.3 Å². The van der Waals surface area contributed by atoms with E-state index >= 15 is 0 Å². The highest BCUT2D eigenvalue weighted by atomic mass is 16.1. The first-order valence-corrected chi connectivity index (χ1v) is 7.47. The number of rotatable bonds is 5. The lowest BCUT2D eigenvalue weighted by atomic mass is 9.79. The summed E-state index contributed by atoms with van der Waals surface area (Å²) in [6.07, 6.45) is 11.8. The second-order valence-electron chi connectivity index (χ2n) is 5.80. The van der Waals surface area contributed by atoms with Crippen molar-refractivity contribution in [2.24, 2.45) is 11.8 Å². The summed E-state index contributed by atoms with van der Waals surface area (Å²) < 4.78 is 1.82. The zero-order valence-corrected chi connectivity index (χ0v) is 12.2. The Morgan fingerprint density at radius 1 is 1.48 bits per heavy atom. The van der Waals surface area contributed by atoms with Crippen LogP contribution in [-0.4, -0.2) is 20.4 Å². The van der Waals surface area contributed by atoms with Crippen molar-refractivity contribution < 1.29 is 4.79 Å². The van der Waals surface area contributed by atoms with Gasteiger partial charge in [-0.05, 0) is 24.5 Å². The van der Waals surface area contributed by atoms with Gasteiger partial charge in [-0.2, -0.15) is 0 Å². The van der Waals surface area contributed by atoms with E-state index in [-0.39, 0.29) is 11.8 Å². The average Bonchev–Trinajstić information content (AvgIpc) is 2.97. The molecule has 1 unspecified atom stereocenters. The van der Waals surface area contributed by atoms with Gasteiger partial charge >= 0.3 is 0 Å². The molecule has 0 aromatic carbocycles. The molecule has 1 fully saturated rings. The van der Waals surface area contributed by atoms with Crippen LogP contribution < -0.4 is 5.32 Å². The molecule has 2 aromatic rings. The highest BCUT2D eigenvalue weighted by Gasteiger charge is 2.23. The molecule has 0 spiro atoms. The van der Waals surface area contributed by atoms with Crippen LogP contribution in [0.3, 0.4) is 0 Å². The lowest BCUT2D eigenvalue weighted by Crippen LogP contribution is -2.25. The minimum atomic E-state index is 0.0589. The molecule has 0 bridgehead atoms. The molecule has 1 amide bonds. The van der Waals surface area contributed by atoms with Crippen molar-refractivity contribution in [3.63, 3.8) is 0 Å². The van der Waals surface area contributed by atoms with Crippen molar-refractivity contribution in [3.05, 3.63) is 37.1 Å². The first-order chi connectivity index (χ1) is 10.2. The van der Waals surface area contributed by atoms with Crippen LogP contribution in [0.2, 0.25) is 0 Å². The largest absolute Gasteiger partial charge is 0.324 e. The van der Waals surface area contributed by atoms with Crippen LogP contribution in [-0.2, 0) is 4.79 Å². The molecule has 2 heterocycles. The molecule has 1 aliphatic carbocycles. The van der Waals surface area contributed by atoms with Crippen molar-refractivity contribution in [2.75, 3.05) is 5.32 Å².